The molecular formula is C20H25NO6. The van der Waals surface area contributed by atoms with Gasteiger partial charge in [-0.15, -0.1) is 0 Å². The van der Waals surface area contributed by atoms with E-state index in [9.17, 15) is 14.7 Å². The molecule has 0 aromatic heterocycles. The van der Waals surface area contributed by atoms with Crippen LogP contribution in [0.25, 0.3) is 0 Å². The molecule has 0 amide bonds. The van der Waals surface area contributed by atoms with E-state index >= 15 is 0 Å². The Morgan fingerprint density at radius 2 is 1.81 bits per heavy atom. The molecule has 146 valence electrons. The number of phenolic OH excluding ortho intramolecular Hbond substituents is 1. The number of carbonyl (C=O) groups excluding carboxylic acids is 2. The Hall–Kier alpha value is -2.83. The van der Waals surface area contributed by atoms with Crippen LogP contribution in [0.3, 0.4) is 0 Å². The second-order valence-corrected chi connectivity index (χ2v) is 6.11. The third-order valence-electron chi connectivity index (χ3n) is 4.43. The molecule has 0 bridgehead atoms. The van der Waals surface area contributed by atoms with E-state index in [0.29, 0.717) is 22.5 Å². The number of methoxy groups -OCH3 is 1. The molecule has 0 radical (unpaired) electrons. The summed E-state index contributed by atoms with van der Waals surface area (Å²) in [5, 5.41) is 9.91. The van der Waals surface area contributed by atoms with Crippen molar-refractivity contribution >= 4 is 17.7 Å². The van der Waals surface area contributed by atoms with E-state index in [0.717, 1.165) is 0 Å². The number of benzene rings is 1. The third kappa shape index (κ3) is 4.13. The first-order valence-corrected chi connectivity index (χ1v) is 8.82. The molecule has 1 heterocycles. The first kappa shape index (κ1) is 20.5. The number of rotatable bonds is 6. The molecule has 0 saturated carbocycles. The van der Waals surface area contributed by atoms with Gasteiger partial charge < -0.3 is 19.3 Å². The van der Waals surface area contributed by atoms with Crippen molar-refractivity contribution in [3.63, 3.8) is 0 Å². The topological polar surface area (TPSA) is 94.4 Å². The van der Waals surface area contributed by atoms with Gasteiger partial charge in [0.25, 0.3) is 0 Å². The quantitative estimate of drug-likeness (QED) is 0.768. The lowest BCUT2D eigenvalue weighted by Crippen LogP contribution is -2.36. The molecular weight excluding hydrogens is 350 g/mol. The first-order valence-electron chi connectivity index (χ1n) is 8.82. The summed E-state index contributed by atoms with van der Waals surface area (Å²) in [6.07, 6.45) is 0. The van der Waals surface area contributed by atoms with E-state index < -0.39 is 23.8 Å². The predicted molar refractivity (Wildman–Crippen MR) is 100.0 cm³/mol. The number of ether oxygens (including phenoxy) is 3. The van der Waals surface area contributed by atoms with Gasteiger partial charge in [-0.1, -0.05) is 6.07 Å². The minimum atomic E-state index is -0.776. The van der Waals surface area contributed by atoms with Crippen LogP contribution in [-0.2, 0) is 19.1 Å². The van der Waals surface area contributed by atoms with Crippen molar-refractivity contribution in [1.82, 2.24) is 0 Å². The summed E-state index contributed by atoms with van der Waals surface area (Å²) in [5.41, 5.74) is 1.96. The van der Waals surface area contributed by atoms with Gasteiger partial charge >= 0.3 is 11.9 Å². The van der Waals surface area contributed by atoms with Crippen LogP contribution >= 0.6 is 0 Å². The second kappa shape index (κ2) is 8.70. The number of allylic oxidation sites excluding steroid dienone is 1. The average molecular weight is 375 g/mol. The molecule has 1 aliphatic rings. The van der Waals surface area contributed by atoms with Crippen molar-refractivity contribution in [3.05, 3.63) is 35.0 Å². The Morgan fingerprint density at radius 1 is 1.15 bits per heavy atom. The Balaban J connectivity index is 2.67. The normalized spacial score (nSPS) is 19.4. The van der Waals surface area contributed by atoms with Crippen LogP contribution in [0.5, 0.6) is 11.5 Å². The maximum Gasteiger partial charge on any atom is 0.336 e. The zero-order valence-corrected chi connectivity index (χ0v) is 16.2. The summed E-state index contributed by atoms with van der Waals surface area (Å²) in [4.78, 5) is 29.8. The van der Waals surface area contributed by atoms with Crippen LogP contribution in [0.15, 0.2) is 34.5 Å². The van der Waals surface area contributed by atoms with Crippen molar-refractivity contribution in [2.24, 2.45) is 10.9 Å². The van der Waals surface area contributed by atoms with Crippen molar-refractivity contribution in [2.75, 3.05) is 20.3 Å². The summed E-state index contributed by atoms with van der Waals surface area (Å²) in [7, 11) is 1.43. The van der Waals surface area contributed by atoms with Gasteiger partial charge in [-0.2, -0.15) is 0 Å². The molecule has 0 unspecified atom stereocenters. The van der Waals surface area contributed by atoms with E-state index in [1.54, 1.807) is 39.8 Å². The third-order valence-corrected chi connectivity index (χ3v) is 4.43. The number of esters is 2. The zero-order chi connectivity index (χ0) is 20.1. The van der Waals surface area contributed by atoms with Gasteiger partial charge in [0.05, 0.1) is 25.9 Å². The van der Waals surface area contributed by atoms with Crippen molar-refractivity contribution in [2.45, 2.75) is 33.6 Å². The lowest BCUT2D eigenvalue weighted by molar-refractivity contribution is -0.146. The smallest absolute Gasteiger partial charge is 0.336 e. The van der Waals surface area contributed by atoms with Crippen molar-refractivity contribution in [3.8, 4) is 11.5 Å². The lowest BCUT2D eigenvalue weighted by atomic mass is 9.75. The Bertz CT molecular complexity index is 796. The molecule has 7 nitrogen and oxygen atoms in total. The molecule has 0 spiro atoms. The van der Waals surface area contributed by atoms with Crippen LogP contribution in [-0.4, -0.2) is 43.1 Å². The molecule has 1 aliphatic heterocycles. The number of aliphatic imine (C=N–C) groups is 1. The summed E-state index contributed by atoms with van der Waals surface area (Å²) in [5.74, 6) is -2.22. The maximum atomic E-state index is 12.7. The van der Waals surface area contributed by atoms with Crippen LogP contribution in [0, 0.1) is 5.92 Å². The van der Waals surface area contributed by atoms with Crippen molar-refractivity contribution < 1.29 is 28.9 Å². The van der Waals surface area contributed by atoms with Gasteiger partial charge in [-0.25, -0.2) is 4.79 Å². The SMILES string of the molecule is CCOC(=O)C1=C(C)N=C(C)[C@@H](C(=O)OCC)[C@@H]1c1ccc(O)c(OC)c1. The zero-order valence-electron chi connectivity index (χ0n) is 16.2. The maximum absolute atomic E-state index is 12.7. The highest BCUT2D eigenvalue weighted by molar-refractivity contribution is 6.07. The minimum Gasteiger partial charge on any atom is -0.504 e. The average Bonchev–Trinajstić information content (AvgIpc) is 2.61. The fourth-order valence-corrected chi connectivity index (χ4v) is 3.30. The van der Waals surface area contributed by atoms with Crippen LogP contribution in [0.1, 0.15) is 39.2 Å². The lowest BCUT2D eigenvalue weighted by Gasteiger charge is -2.31. The molecule has 1 aromatic rings. The monoisotopic (exact) mass is 375 g/mol. The van der Waals surface area contributed by atoms with Crippen LogP contribution in [0.4, 0.5) is 0 Å². The predicted octanol–water partition coefficient (Wildman–Crippen LogP) is 2.98. The van der Waals surface area contributed by atoms with Crippen LogP contribution in [0.2, 0.25) is 0 Å². The Labute approximate surface area is 158 Å². The summed E-state index contributed by atoms with van der Waals surface area (Å²) in [6.45, 7) is 7.30. The van der Waals surface area contributed by atoms with E-state index in [-0.39, 0.29) is 24.7 Å². The highest BCUT2D eigenvalue weighted by Crippen LogP contribution is 2.42. The summed E-state index contributed by atoms with van der Waals surface area (Å²) in [6, 6.07) is 4.73. The minimum absolute atomic E-state index is 0.0338. The van der Waals surface area contributed by atoms with Gasteiger partial charge in [-0.05, 0) is 45.4 Å². The molecule has 0 saturated heterocycles. The number of aromatic hydroxyl groups is 1. The Kier molecular flexibility index (Phi) is 6.60. The first-order chi connectivity index (χ1) is 12.8. The molecule has 2 rings (SSSR count). The highest BCUT2D eigenvalue weighted by atomic mass is 16.5. The van der Waals surface area contributed by atoms with E-state index in [2.05, 4.69) is 4.99 Å². The number of hydrogen-bond donors (Lipinski definition) is 1. The van der Waals surface area contributed by atoms with E-state index in [1.165, 1.54) is 13.2 Å². The fourth-order valence-electron chi connectivity index (χ4n) is 3.30. The Morgan fingerprint density at radius 3 is 2.41 bits per heavy atom. The van der Waals surface area contributed by atoms with Gasteiger partial charge in [-0.3, -0.25) is 9.79 Å². The largest absolute Gasteiger partial charge is 0.504 e. The summed E-state index contributed by atoms with van der Waals surface area (Å²) < 4.78 is 15.6. The molecule has 2 atom stereocenters. The van der Waals surface area contributed by atoms with E-state index in [4.69, 9.17) is 14.2 Å². The number of hydrogen-bond acceptors (Lipinski definition) is 7. The molecule has 0 fully saturated rings. The van der Waals surface area contributed by atoms with Gasteiger partial charge in [0.15, 0.2) is 11.5 Å². The number of phenols is 1. The van der Waals surface area contributed by atoms with Gasteiger partial charge in [0.1, 0.15) is 5.92 Å². The van der Waals surface area contributed by atoms with Crippen LogP contribution < -0.4 is 4.74 Å². The summed E-state index contributed by atoms with van der Waals surface area (Å²) >= 11 is 0. The van der Waals surface area contributed by atoms with Gasteiger partial charge in [0.2, 0.25) is 0 Å². The molecule has 7 heteroatoms. The molecule has 1 N–H and O–H groups in total. The second-order valence-electron chi connectivity index (χ2n) is 6.11. The molecule has 0 aliphatic carbocycles. The fraction of sp³-hybridized carbons (Fsp3) is 0.450. The van der Waals surface area contributed by atoms with Gasteiger partial charge in [0, 0.05) is 17.3 Å². The molecule has 1 aromatic carbocycles. The van der Waals surface area contributed by atoms with Crippen molar-refractivity contribution in [1.29, 1.82) is 0 Å². The number of carbonyl (C=O) groups is 2. The van der Waals surface area contributed by atoms with E-state index in [1.807, 2.05) is 0 Å². The standard InChI is InChI=1S/C20H25NO6/c1-6-26-19(23)16-11(3)21-12(4)17(20(24)27-7-2)18(16)13-8-9-14(22)15(10-13)25-5/h8-10,16,18,22H,6-7H2,1-5H3/t16-,18+/m1/s1. The highest BCUT2D eigenvalue weighted by Gasteiger charge is 2.42. The number of nitrogens with zero attached hydrogens (tertiary/aromatic N) is 1. The molecule has 27 heavy (non-hydrogen) atoms.